The maximum atomic E-state index is 13.5. The number of imide groups is 1. The maximum absolute atomic E-state index is 13.5. The number of hydrogen-bond acceptors (Lipinski definition) is 7. The van der Waals surface area contributed by atoms with Gasteiger partial charge in [-0.3, -0.25) is 24.3 Å². The van der Waals surface area contributed by atoms with Crippen LogP contribution in [0.5, 0.6) is 0 Å². The number of nitrogens with zero attached hydrogens (tertiary/aromatic N) is 5. The third-order valence-corrected chi connectivity index (χ3v) is 6.18. The highest BCUT2D eigenvalue weighted by Crippen LogP contribution is 2.40. The van der Waals surface area contributed by atoms with Gasteiger partial charge in [0.2, 0.25) is 5.96 Å². The van der Waals surface area contributed by atoms with Crippen molar-refractivity contribution >= 4 is 46.9 Å². The van der Waals surface area contributed by atoms with Gasteiger partial charge in [0.15, 0.2) is 12.2 Å². The molecule has 9 nitrogen and oxygen atoms in total. The van der Waals surface area contributed by atoms with Gasteiger partial charge < -0.3 is 9.64 Å². The summed E-state index contributed by atoms with van der Waals surface area (Å²) in [6.45, 7) is 1.38. The van der Waals surface area contributed by atoms with Crippen molar-refractivity contribution in [1.82, 2.24) is 14.7 Å². The summed E-state index contributed by atoms with van der Waals surface area (Å²) >= 11 is 6.28. The molecule has 174 valence electrons. The summed E-state index contributed by atoms with van der Waals surface area (Å²) in [6.07, 6.45) is 1.12. The number of amides is 3. The highest BCUT2D eigenvalue weighted by Gasteiger charge is 2.55. The predicted molar refractivity (Wildman–Crippen MR) is 127 cm³/mol. The monoisotopic (exact) mass is 479 g/mol. The minimum atomic E-state index is -0.810. The average Bonchev–Trinajstić information content (AvgIpc) is 3.38. The standard InChI is InChI=1S/C24H22ClN5O4/c1-3-34-19(31)14-29-22(32)20-21(27(2)24(29)33)26-23-28(20)13-18(15-8-5-4-6-9-15)30(23)17-11-7-10-16(25)12-17/h4-13,20-21H,3,14H2,1-2H3. The highest BCUT2D eigenvalue weighted by molar-refractivity contribution is 6.31. The lowest BCUT2D eigenvalue weighted by atomic mass is 10.1. The van der Waals surface area contributed by atoms with Crippen LogP contribution in [0.15, 0.2) is 65.8 Å². The van der Waals surface area contributed by atoms with Crippen LogP contribution in [0.3, 0.4) is 0 Å². The summed E-state index contributed by atoms with van der Waals surface area (Å²) in [4.78, 5) is 49.2. The Kier molecular flexibility index (Phi) is 5.49. The minimum absolute atomic E-state index is 0.161. The Morgan fingerprint density at radius 1 is 1.12 bits per heavy atom. The van der Waals surface area contributed by atoms with Crippen molar-refractivity contribution in [2.45, 2.75) is 19.1 Å². The normalized spacial score (nSPS) is 21.4. The first kappa shape index (κ1) is 22.0. The molecular weight excluding hydrogens is 458 g/mol. The second kappa shape index (κ2) is 8.49. The molecule has 0 N–H and O–H groups in total. The van der Waals surface area contributed by atoms with E-state index in [1.165, 1.54) is 4.90 Å². The number of likely N-dealkylation sites (N-methyl/N-ethyl adjacent to an activating group) is 1. The fourth-order valence-electron chi connectivity index (χ4n) is 4.40. The molecule has 3 heterocycles. The fraction of sp³-hybridized carbons (Fsp3) is 0.250. The zero-order valence-corrected chi connectivity index (χ0v) is 19.3. The third kappa shape index (κ3) is 3.49. The lowest BCUT2D eigenvalue weighted by Gasteiger charge is -2.39. The van der Waals surface area contributed by atoms with Crippen LogP contribution in [0.4, 0.5) is 10.5 Å². The van der Waals surface area contributed by atoms with Crippen LogP contribution in [-0.4, -0.2) is 71.0 Å². The lowest BCUT2D eigenvalue weighted by Crippen LogP contribution is -2.65. The maximum Gasteiger partial charge on any atom is 0.328 e. The van der Waals surface area contributed by atoms with Crippen LogP contribution in [0, 0.1) is 0 Å². The molecule has 0 aliphatic carbocycles. The summed E-state index contributed by atoms with van der Waals surface area (Å²) in [5, 5.41) is 0.559. The molecule has 2 aromatic rings. The van der Waals surface area contributed by atoms with E-state index in [1.807, 2.05) is 59.6 Å². The quantitative estimate of drug-likeness (QED) is 0.613. The zero-order chi connectivity index (χ0) is 24.0. The van der Waals surface area contributed by atoms with Crippen LogP contribution in [0.25, 0.3) is 5.70 Å². The van der Waals surface area contributed by atoms with E-state index in [0.29, 0.717) is 11.0 Å². The largest absolute Gasteiger partial charge is 0.465 e. The summed E-state index contributed by atoms with van der Waals surface area (Å²) in [6, 6.07) is 15.7. The molecule has 0 saturated carbocycles. The van der Waals surface area contributed by atoms with Crippen molar-refractivity contribution in [3.05, 3.63) is 71.4 Å². The number of guanidine groups is 1. The molecule has 2 aromatic carbocycles. The summed E-state index contributed by atoms with van der Waals surface area (Å²) in [7, 11) is 1.57. The first-order valence-corrected chi connectivity index (χ1v) is 11.2. The van der Waals surface area contributed by atoms with Crippen molar-refractivity contribution in [2.24, 2.45) is 4.99 Å². The number of carbonyl (C=O) groups is 3. The minimum Gasteiger partial charge on any atom is -0.465 e. The third-order valence-electron chi connectivity index (χ3n) is 5.94. The molecule has 5 rings (SSSR count). The smallest absolute Gasteiger partial charge is 0.328 e. The van der Waals surface area contributed by atoms with Crippen molar-refractivity contribution in [1.29, 1.82) is 0 Å². The van der Waals surface area contributed by atoms with Crippen molar-refractivity contribution in [3.8, 4) is 0 Å². The molecule has 3 amide bonds. The molecule has 10 heteroatoms. The van der Waals surface area contributed by atoms with Gasteiger partial charge in [-0.1, -0.05) is 48.0 Å². The number of carbonyl (C=O) groups excluding carboxylic acids is 3. The Hall–Kier alpha value is -3.85. The van der Waals surface area contributed by atoms with Gasteiger partial charge in [-0.15, -0.1) is 0 Å². The molecule has 0 radical (unpaired) electrons. The Balaban J connectivity index is 1.57. The van der Waals surface area contributed by atoms with E-state index in [0.717, 1.165) is 21.8 Å². The van der Waals surface area contributed by atoms with Gasteiger partial charge in [0.1, 0.15) is 6.54 Å². The van der Waals surface area contributed by atoms with E-state index < -0.39 is 36.7 Å². The molecule has 0 aromatic heterocycles. The molecule has 1 saturated heterocycles. The van der Waals surface area contributed by atoms with Crippen molar-refractivity contribution in [2.75, 3.05) is 25.1 Å². The number of hydrogen-bond donors (Lipinski definition) is 0. The van der Waals surface area contributed by atoms with Gasteiger partial charge in [-0.25, -0.2) is 9.79 Å². The molecule has 3 aliphatic rings. The Labute approximate surface area is 201 Å². The van der Waals surface area contributed by atoms with Crippen molar-refractivity contribution in [3.63, 3.8) is 0 Å². The van der Waals surface area contributed by atoms with E-state index in [2.05, 4.69) is 0 Å². The summed E-state index contributed by atoms with van der Waals surface area (Å²) in [5.74, 6) is -0.642. The highest BCUT2D eigenvalue weighted by atomic mass is 35.5. The van der Waals surface area contributed by atoms with E-state index in [4.69, 9.17) is 21.3 Å². The average molecular weight is 480 g/mol. The molecular formula is C24H22ClN5O4. The summed E-state index contributed by atoms with van der Waals surface area (Å²) in [5.41, 5.74) is 2.50. The number of fused-ring (bicyclic) bond motifs is 3. The molecule has 2 unspecified atom stereocenters. The number of rotatable bonds is 5. The van der Waals surface area contributed by atoms with E-state index in [-0.39, 0.29) is 6.61 Å². The second-order valence-corrected chi connectivity index (χ2v) is 8.45. The Bertz CT molecular complexity index is 1230. The van der Waals surface area contributed by atoms with E-state index >= 15 is 0 Å². The van der Waals surface area contributed by atoms with Gasteiger partial charge in [-0.05, 0) is 25.1 Å². The van der Waals surface area contributed by atoms with Crippen LogP contribution in [-0.2, 0) is 14.3 Å². The Morgan fingerprint density at radius 2 is 1.88 bits per heavy atom. The molecule has 3 aliphatic heterocycles. The topological polar surface area (TPSA) is 85.8 Å². The van der Waals surface area contributed by atoms with Crippen LogP contribution in [0.1, 0.15) is 12.5 Å². The number of halogens is 1. The van der Waals surface area contributed by atoms with Crippen LogP contribution < -0.4 is 4.90 Å². The SMILES string of the molecule is CCOC(=O)CN1C(=O)C2C(N=C3N(c4cccc(Cl)c4)C(c4ccccc4)=CN32)N(C)C1=O. The van der Waals surface area contributed by atoms with Crippen LogP contribution in [0.2, 0.25) is 5.02 Å². The van der Waals surface area contributed by atoms with Gasteiger partial charge >= 0.3 is 12.0 Å². The molecule has 0 spiro atoms. The molecule has 34 heavy (non-hydrogen) atoms. The lowest BCUT2D eigenvalue weighted by molar-refractivity contribution is -0.150. The Morgan fingerprint density at radius 3 is 2.59 bits per heavy atom. The zero-order valence-electron chi connectivity index (χ0n) is 18.6. The van der Waals surface area contributed by atoms with E-state index in [1.54, 1.807) is 24.9 Å². The summed E-state index contributed by atoms with van der Waals surface area (Å²) < 4.78 is 4.96. The van der Waals surface area contributed by atoms with Gasteiger partial charge in [0.05, 0.1) is 18.0 Å². The number of urea groups is 1. The van der Waals surface area contributed by atoms with Crippen molar-refractivity contribution < 1.29 is 19.1 Å². The molecule has 2 atom stereocenters. The number of esters is 1. The molecule has 0 bridgehead atoms. The number of benzene rings is 2. The first-order chi connectivity index (χ1) is 16.4. The van der Waals surface area contributed by atoms with Crippen LogP contribution >= 0.6 is 11.6 Å². The number of anilines is 1. The van der Waals surface area contributed by atoms with Gasteiger partial charge in [0.25, 0.3) is 5.91 Å². The van der Waals surface area contributed by atoms with E-state index in [9.17, 15) is 14.4 Å². The molecule has 1 fully saturated rings. The number of ether oxygens (including phenoxy) is 1. The first-order valence-electron chi connectivity index (χ1n) is 10.8. The van der Waals surface area contributed by atoms with Gasteiger partial charge in [-0.2, -0.15) is 0 Å². The van der Waals surface area contributed by atoms with Gasteiger partial charge in [0, 0.05) is 23.8 Å². The number of aliphatic imine (C=N–C) groups is 1. The fourth-order valence-corrected chi connectivity index (χ4v) is 4.58. The predicted octanol–water partition coefficient (Wildman–Crippen LogP) is 2.98. The second-order valence-electron chi connectivity index (χ2n) is 8.01.